The van der Waals surface area contributed by atoms with E-state index in [-0.39, 0.29) is 17.4 Å². The van der Waals surface area contributed by atoms with Crippen LogP contribution in [0.5, 0.6) is 0 Å². The van der Waals surface area contributed by atoms with E-state index in [1.54, 1.807) is 4.90 Å². The molecule has 1 atom stereocenters. The molecule has 0 aromatic heterocycles. The van der Waals surface area contributed by atoms with Crippen molar-refractivity contribution in [2.45, 2.75) is 31.4 Å². The van der Waals surface area contributed by atoms with E-state index in [0.29, 0.717) is 13.1 Å². The average molecular weight is 347 g/mol. The minimum atomic E-state index is -4.44. The molecule has 0 aliphatic carbocycles. The van der Waals surface area contributed by atoms with E-state index < -0.39 is 11.7 Å². The Morgan fingerprint density at radius 2 is 1.76 bits per heavy atom. The molecule has 0 saturated carbocycles. The van der Waals surface area contributed by atoms with Gasteiger partial charge in [-0.2, -0.15) is 13.2 Å². The fourth-order valence-corrected chi connectivity index (χ4v) is 3.33. The van der Waals surface area contributed by atoms with Gasteiger partial charge < -0.3 is 4.90 Å². The summed E-state index contributed by atoms with van der Waals surface area (Å²) in [4.78, 5) is 14.5. The lowest BCUT2D eigenvalue weighted by molar-refractivity contribution is -0.137. The van der Waals surface area contributed by atoms with Crippen molar-refractivity contribution >= 4 is 5.91 Å². The molecule has 1 heterocycles. The lowest BCUT2D eigenvalue weighted by atomic mass is 9.94. The highest BCUT2D eigenvalue weighted by molar-refractivity contribution is 5.94. The zero-order valence-electron chi connectivity index (χ0n) is 13.8. The van der Waals surface area contributed by atoms with Gasteiger partial charge in [-0.15, -0.1) is 0 Å². The number of halogens is 3. The smallest absolute Gasteiger partial charge is 0.338 e. The third-order valence-corrected chi connectivity index (χ3v) is 4.67. The maximum absolute atomic E-state index is 12.9. The summed E-state index contributed by atoms with van der Waals surface area (Å²) in [5.74, 6) is -0.104. The Hall–Kier alpha value is -2.30. The molecular weight excluding hydrogens is 327 g/mol. The van der Waals surface area contributed by atoms with Crippen molar-refractivity contribution in [1.82, 2.24) is 4.90 Å². The van der Waals surface area contributed by atoms with Gasteiger partial charge in [-0.3, -0.25) is 4.79 Å². The fraction of sp³-hybridized carbons (Fsp3) is 0.350. The minimum absolute atomic E-state index is 0.100. The minimum Gasteiger partial charge on any atom is -0.338 e. The molecule has 3 rings (SSSR count). The van der Waals surface area contributed by atoms with Crippen LogP contribution in [0.25, 0.3) is 0 Å². The van der Waals surface area contributed by atoms with Crippen molar-refractivity contribution < 1.29 is 18.0 Å². The van der Waals surface area contributed by atoms with Crippen molar-refractivity contribution in [3.63, 3.8) is 0 Å². The van der Waals surface area contributed by atoms with E-state index in [0.717, 1.165) is 31.4 Å². The van der Waals surface area contributed by atoms with Crippen molar-refractivity contribution in [3.8, 4) is 0 Å². The van der Waals surface area contributed by atoms with E-state index in [2.05, 4.69) is 0 Å². The molecule has 0 bridgehead atoms. The van der Waals surface area contributed by atoms with Crippen molar-refractivity contribution in [1.29, 1.82) is 0 Å². The van der Waals surface area contributed by atoms with Crippen molar-refractivity contribution in [3.05, 3.63) is 71.3 Å². The fourth-order valence-electron chi connectivity index (χ4n) is 3.33. The Labute approximate surface area is 145 Å². The molecule has 1 unspecified atom stereocenters. The summed E-state index contributed by atoms with van der Waals surface area (Å²) in [5.41, 5.74) is 0.488. The number of likely N-dealkylation sites (tertiary alicyclic amines) is 1. The van der Waals surface area contributed by atoms with Crippen LogP contribution in [0.1, 0.15) is 46.7 Å². The number of nitrogens with zero attached hydrogens (tertiary/aromatic N) is 1. The lowest BCUT2D eigenvalue weighted by Crippen LogP contribution is -2.34. The monoisotopic (exact) mass is 347 g/mol. The van der Waals surface area contributed by atoms with Gasteiger partial charge in [0.05, 0.1) is 5.56 Å². The summed E-state index contributed by atoms with van der Waals surface area (Å²) >= 11 is 0. The van der Waals surface area contributed by atoms with E-state index in [1.165, 1.54) is 17.7 Å². The summed E-state index contributed by atoms with van der Waals surface area (Å²) in [6.45, 7) is 1.12. The Balaban J connectivity index is 1.81. The maximum Gasteiger partial charge on any atom is 0.416 e. The summed E-state index contributed by atoms with van der Waals surface area (Å²) in [7, 11) is 0. The number of hydrogen-bond donors (Lipinski definition) is 0. The maximum atomic E-state index is 12.9. The lowest BCUT2D eigenvalue weighted by Gasteiger charge is -2.25. The van der Waals surface area contributed by atoms with Gasteiger partial charge in [0.15, 0.2) is 0 Å². The van der Waals surface area contributed by atoms with Crippen LogP contribution in [0.2, 0.25) is 0 Å². The van der Waals surface area contributed by atoms with Gasteiger partial charge in [0.1, 0.15) is 0 Å². The third kappa shape index (κ3) is 4.21. The molecule has 2 aromatic carbocycles. The third-order valence-electron chi connectivity index (χ3n) is 4.67. The first-order valence-corrected chi connectivity index (χ1v) is 8.46. The van der Waals surface area contributed by atoms with E-state index in [4.69, 9.17) is 0 Å². The van der Waals surface area contributed by atoms with Crippen LogP contribution in [0.4, 0.5) is 13.2 Å². The predicted octanol–water partition coefficient (Wildman–Crippen LogP) is 5.12. The van der Waals surface area contributed by atoms with Gasteiger partial charge in [0.25, 0.3) is 5.91 Å². The zero-order valence-corrected chi connectivity index (χ0v) is 13.8. The number of alkyl halides is 3. The highest BCUT2D eigenvalue weighted by atomic mass is 19.4. The highest BCUT2D eigenvalue weighted by Gasteiger charge is 2.31. The Morgan fingerprint density at radius 3 is 2.48 bits per heavy atom. The van der Waals surface area contributed by atoms with E-state index >= 15 is 0 Å². The van der Waals surface area contributed by atoms with Crippen LogP contribution in [-0.4, -0.2) is 23.9 Å². The molecule has 1 aliphatic rings. The summed E-state index contributed by atoms with van der Waals surface area (Å²) < 4.78 is 38.7. The number of amides is 1. The highest BCUT2D eigenvalue weighted by Crippen LogP contribution is 2.31. The van der Waals surface area contributed by atoms with Gasteiger partial charge in [-0.05, 0) is 36.6 Å². The zero-order chi connectivity index (χ0) is 17.9. The molecule has 0 radical (unpaired) electrons. The normalized spacial score (nSPS) is 18.7. The Kier molecular flexibility index (Phi) is 5.11. The number of rotatable bonds is 2. The van der Waals surface area contributed by atoms with E-state index in [1.807, 2.05) is 30.3 Å². The SMILES string of the molecule is O=C(c1cccc(C(F)(F)F)c1)N1CCCCC(c2ccccc2)C1. The molecule has 25 heavy (non-hydrogen) atoms. The molecule has 1 aliphatic heterocycles. The Morgan fingerprint density at radius 1 is 1.00 bits per heavy atom. The van der Waals surface area contributed by atoms with Crippen LogP contribution in [0.3, 0.4) is 0 Å². The molecule has 2 nitrogen and oxygen atoms in total. The van der Waals surface area contributed by atoms with Crippen LogP contribution >= 0.6 is 0 Å². The van der Waals surface area contributed by atoms with Crippen molar-refractivity contribution in [2.75, 3.05) is 13.1 Å². The number of hydrogen-bond acceptors (Lipinski definition) is 1. The van der Waals surface area contributed by atoms with Crippen LogP contribution in [0, 0.1) is 0 Å². The topological polar surface area (TPSA) is 20.3 Å². The second kappa shape index (κ2) is 7.30. The molecule has 1 saturated heterocycles. The number of carbonyl (C=O) groups is 1. The standard InChI is InChI=1S/C20H20F3NO/c21-20(22,23)18-11-6-10-16(13-18)19(25)24-12-5-4-9-17(14-24)15-7-2-1-3-8-15/h1-3,6-8,10-11,13,17H,4-5,9,12,14H2. The van der Waals surface area contributed by atoms with Crippen LogP contribution in [0.15, 0.2) is 54.6 Å². The van der Waals surface area contributed by atoms with Crippen molar-refractivity contribution in [2.24, 2.45) is 0 Å². The van der Waals surface area contributed by atoms with Gasteiger partial charge in [-0.25, -0.2) is 0 Å². The largest absolute Gasteiger partial charge is 0.416 e. The summed E-state index contributed by atoms with van der Waals surface area (Å²) in [5, 5.41) is 0. The van der Waals surface area contributed by atoms with Gasteiger partial charge in [-0.1, -0.05) is 42.8 Å². The number of benzene rings is 2. The first-order chi connectivity index (χ1) is 11.9. The predicted molar refractivity (Wildman–Crippen MR) is 90.4 cm³/mol. The van der Waals surface area contributed by atoms with Gasteiger partial charge >= 0.3 is 6.18 Å². The van der Waals surface area contributed by atoms with Gasteiger partial charge in [0, 0.05) is 24.6 Å². The second-order valence-corrected chi connectivity index (χ2v) is 6.43. The summed E-state index contributed by atoms with van der Waals surface area (Å²) in [6.07, 6.45) is -1.59. The molecular formula is C20H20F3NO. The first kappa shape index (κ1) is 17.5. The molecule has 132 valence electrons. The number of carbonyl (C=O) groups excluding carboxylic acids is 1. The molecule has 2 aromatic rings. The molecule has 0 N–H and O–H groups in total. The quantitative estimate of drug-likeness (QED) is 0.739. The molecule has 1 fully saturated rings. The van der Waals surface area contributed by atoms with Gasteiger partial charge in [0.2, 0.25) is 0 Å². The molecule has 1 amide bonds. The van der Waals surface area contributed by atoms with E-state index in [9.17, 15) is 18.0 Å². The van der Waals surface area contributed by atoms with Crippen LogP contribution < -0.4 is 0 Å². The molecule has 5 heteroatoms. The molecule has 0 spiro atoms. The summed E-state index contributed by atoms with van der Waals surface area (Å²) in [6, 6.07) is 14.7. The first-order valence-electron chi connectivity index (χ1n) is 8.46. The average Bonchev–Trinajstić information content (AvgIpc) is 2.87. The van der Waals surface area contributed by atoms with Crippen LogP contribution in [-0.2, 0) is 6.18 Å². The Bertz CT molecular complexity index is 727. The second-order valence-electron chi connectivity index (χ2n) is 6.43.